The van der Waals surface area contributed by atoms with Gasteiger partial charge in [0.25, 0.3) is 5.91 Å². The van der Waals surface area contributed by atoms with Crippen LogP contribution in [-0.4, -0.2) is 15.9 Å². The molecule has 1 amide bonds. The Labute approximate surface area is 147 Å². The molecular weight excluding hydrogens is 375 g/mol. The first-order chi connectivity index (χ1) is 11.8. The summed E-state index contributed by atoms with van der Waals surface area (Å²) in [6.07, 6.45) is -4.44. The number of hydrogen-bond acceptors (Lipinski definition) is 5. The summed E-state index contributed by atoms with van der Waals surface area (Å²) >= 11 is 2.07. The fourth-order valence-electron chi connectivity index (χ4n) is 2.01. The third-order valence-electron chi connectivity index (χ3n) is 3.18. The molecule has 0 saturated heterocycles. The Hall–Kier alpha value is -2.46. The molecule has 3 rings (SSSR count). The predicted molar refractivity (Wildman–Crippen MR) is 88.7 cm³/mol. The lowest BCUT2D eigenvalue weighted by atomic mass is 10.1. The average molecular weight is 385 g/mol. The third kappa shape index (κ3) is 4.15. The van der Waals surface area contributed by atoms with Crippen LogP contribution in [0.3, 0.4) is 0 Å². The number of alkyl halides is 3. The van der Waals surface area contributed by atoms with Crippen LogP contribution in [0, 0.1) is 0 Å². The van der Waals surface area contributed by atoms with Gasteiger partial charge in [-0.2, -0.15) is 13.2 Å². The van der Waals surface area contributed by atoms with Gasteiger partial charge in [0.2, 0.25) is 0 Å². The third-order valence-corrected chi connectivity index (χ3v) is 4.79. The Morgan fingerprint density at radius 2 is 2.04 bits per heavy atom. The Bertz CT molecular complexity index is 959. The zero-order chi connectivity index (χ0) is 18.0. The van der Waals surface area contributed by atoms with Crippen LogP contribution >= 0.6 is 22.7 Å². The van der Waals surface area contributed by atoms with Gasteiger partial charge >= 0.3 is 11.0 Å². The van der Waals surface area contributed by atoms with Crippen molar-refractivity contribution in [1.82, 2.24) is 15.3 Å². The molecule has 10 heteroatoms. The van der Waals surface area contributed by atoms with Crippen molar-refractivity contribution in [2.45, 2.75) is 12.7 Å². The molecule has 5 nitrogen and oxygen atoms in total. The molecule has 130 valence electrons. The number of nitrogens with one attached hydrogen (secondary N) is 2. The summed E-state index contributed by atoms with van der Waals surface area (Å²) in [6.45, 7) is 0.133. The summed E-state index contributed by atoms with van der Waals surface area (Å²) < 4.78 is 38.3. The SMILES string of the molecule is O=C(NCc1csc(=O)[nH]1)c1csc(-c2cccc(C(F)(F)F)c2)n1. The molecule has 0 spiro atoms. The van der Waals surface area contributed by atoms with E-state index in [0.717, 1.165) is 34.8 Å². The molecule has 0 saturated carbocycles. The smallest absolute Gasteiger partial charge is 0.345 e. The Kier molecular flexibility index (Phi) is 4.73. The molecule has 0 radical (unpaired) electrons. The van der Waals surface area contributed by atoms with Gasteiger partial charge < -0.3 is 10.3 Å². The first-order valence-electron chi connectivity index (χ1n) is 6.91. The van der Waals surface area contributed by atoms with Crippen LogP contribution < -0.4 is 10.2 Å². The highest BCUT2D eigenvalue weighted by atomic mass is 32.1. The maximum absolute atomic E-state index is 12.8. The van der Waals surface area contributed by atoms with Gasteiger partial charge in [0, 0.05) is 22.0 Å². The molecule has 2 heterocycles. The van der Waals surface area contributed by atoms with E-state index in [4.69, 9.17) is 0 Å². The average Bonchev–Trinajstić information content (AvgIpc) is 3.21. The van der Waals surface area contributed by atoms with E-state index in [1.54, 1.807) is 5.38 Å². The monoisotopic (exact) mass is 385 g/mol. The minimum absolute atomic E-state index is 0.106. The van der Waals surface area contributed by atoms with Crippen molar-refractivity contribution in [2.75, 3.05) is 0 Å². The Balaban J connectivity index is 1.73. The van der Waals surface area contributed by atoms with Gasteiger partial charge in [-0.15, -0.1) is 11.3 Å². The molecule has 25 heavy (non-hydrogen) atoms. The second kappa shape index (κ2) is 6.81. The van der Waals surface area contributed by atoms with E-state index < -0.39 is 17.6 Å². The van der Waals surface area contributed by atoms with Crippen LogP contribution in [-0.2, 0) is 12.7 Å². The van der Waals surface area contributed by atoms with Crippen molar-refractivity contribution >= 4 is 28.6 Å². The van der Waals surface area contributed by atoms with Crippen molar-refractivity contribution in [3.05, 3.63) is 61.6 Å². The Morgan fingerprint density at radius 3 is 2.72 bits per heavy atom. The first kappa shape index (κ1) is 17.4. The minimum atomic E-state index is -4.44. The molecule has 0 bridgehead atoms. The number of hydrogen-bond donors (Lipinski definition) is 2. The molecule has 3 aromatic rings. The fourth-order valence-corrected chi connectivity index (χ4v) is 3.38. The molecule has 0 aliphatic rings. The molecule has 2 N–H and O–H groups in total. The van der Waals surface area contributed by atoms with E-state index in [-0.39, 0.29) is 17.1 Å². The van der Waals surface area contributed by atoms with Gasteiger partial charge in [-0.1, -0.05) is 23.5 Å². The largest absolute Gasteiger partial charge is 0.416 e. The van der Waals surface area contributed by atoms with Crippen molar-refractivity contribution in [2.24, 2.45) is 0 Å². The van der Waals surface area contributed by atoms with Crippen LogP contribution in [0.4, 0.5) is 13.2 Å². The number of aromatic amines is 1. The van der Waals surface area contributed by atoms with Crippen molar-refractivity contribution in [3.8, 4) is 10.6 Å². The number of aromatic nitrogens is 2. The number of thiazole rings is 2. The highest BCUT2D eigenvalue weighted by Gasteiger charge is 2.30. The summed E-state index contributed by atoms with van der Waals surface area (Å²) in [5.41, 5.74) is 0.195. The second-order valence-corrected chi connectivity index (χ2v) is 6.67. The number of nitrogens with zero attached hydrogens (tertiary/aromatic N) is 1. The van der Waals surface area contributed by atoms with E-state index in [9.17, 15) is 22.8 Å². The fraction of sp³-hybridized carbons (Fsp3) is 0.133. The number of H-pyrrole nitrogens is 1. The zero-order valence-corrected chi connectivity index (χ0v) is 14.0. The highest BCUT2D eigenvalue weighted by molar-refractivity contribution is 7.13. The first-order valence-corrected chi connectivity index (χ1v) is 8.67. The molecule has 1 aromatic carbocycles. The zero-order valence-electron chi connectivity index (χ0n) is 12.4. The maximum Gasteiger partial charge on any atom is 0.416 e. The molecule has 2 aromatic heterocycles. The van der Waals surface area contributed by atoms with Crippen LogP contribution in [0.15, 0.2) is 39.8 Å². The minimum Gasteiger partial charge on any atom is -0.345 e. The lowest BCUT2D eigenvalue weighted by molar-refractivity contribution is -0.137. The van der Waals surface area contributed by atoms with E-state index in [1.165, 1.54) is 17.5 Å². The lowest BCUT2D eigenvalue weighted by Crippen LogP contribution is -2.23. The maximum atomic E-state index is 12.8. The van der Waals surface area contributed by atoms with Gasteiger partial charge in [-0.3, -0.25) is 9.59 Å². The number of carbonyl (C=O) groups is 1. The van der Waals surface area contributed by atoms with Gasteiger partial charge in [-0.25, -0.2) is 4.98 Å². The van der Waals surface area contributed by atoms with Crippen molar-refractivity contribution < 1.29 is 18.0 Å². The standard InChI is InChI=1S/C15H10F3N3O2S2/c16-15(17,18)9-3-1-2-8(4-9)13-21-11(7-24-13)12(22)19-5-10-6-25-14(23)20-10/h1-4,6-7H,5H2,(H,19,22)(H,20,23). The van der Waals surface area contributed by atoms with Gasteiger partial charge in [0.15, 0.2) is 0 Å². The quantitative estimate of drug-likeness (QED) is 0.722. The topological polar surface area (TPSA) is 74.8 Å². The van der Waals surface area contributed by atoms with Gasteiger partial charge in [0.1, 0.15) is 10.7 Å². The number of carbonyl (C=O) groups excluding carboxylic acids is 1. The Morgan fingerprint density at radius 1 is 1.24 bits per heavy atom. The van der Waals surface area contributed by atoms with Gasteiger partial charge in [-0.05, 0) is 12.1 Å². The molecular formula is C15H10F3N3O2S2. The number of rotatable bonds is 4. The van der Waals surface area contributed by atoms with E-state index >= 15 is 0 Å². The second-order valence-electron chi connectivity index (χ2n) is 4.97. The molecule has 0 unspecified atom stereocenters. The van der Waals surface area contributed by atoms with Crippen molar-refractivity contribution in [1.29, 1.82) is 0 Å². The lowest BCUT2D eigenvalue weighted by Gasteiger charge is -2.07. The summed E-state index contributed by atoms with van der Waals surface area (Å²) in [4.78, 5) is 29.5. The molecule has 0 fully saturated rings. The summed E-state index contributed by atoms with van der Waals surface area (Å²) in [6, 6.07) is 4.78. The predicted octanol–water partition coefficient (Wildman–Crippen LogP) is 3.51. The van der Waals surface area contributed by atoms with Crippen molar-refractivity contribution in [3.63, 3.8) is 0 Å². The summed E-state index contributed by atoms with van der Waals surface area (Å²) in [7, 11) is 0. The molecule has 0 aliphatic heterocycles. The number of amides is 1. The normalized spacial score (nSPS) is 11.5. The highest BCUT2D eigenvalue weighted by Crippen LogP contribution is 2.33. The van der Waals surface area contributed by atoms with Crippen LogP contribution in [0.1, 0.15) is 21.7 Å². The van der Waals surface area contributed by atoms with E-state index in [2.05, 4.69) is 15.3 Å². The van der Waals surface area contributed by atoms with E-state index in [1.807, 2.05) is 0 Å². The summed E-state index contributed by atoms with van der Waals surface area (Å²) in [5, 5.41) is 5.98. The van der Waals surface area contributed by atoms with Gasteiger partial charge in [0.05, 0.1) is 12.1 Å². The van der Waals surface area contributed by atoms with Crippen LogP contribution in [0.2, 0.25) is 0 Å². The molecule has 0 atom stereocenters. The van der Waals surface area contributed by atoms with Crippen LogP contribution in [0.25, 0.3) is 10.6 Å². The molecule has 0 aliphatic carbocycles. The summed E-state index contributed by atoms with van der Waals surface area (Å²) in [5.74, 6) is -0.471. The van der Waals surface area contributed by atoms with E-state index in [0.29, 0.717) is 16.3 Å². The number of benzene rings is 1. The van der Waals surface area contributed by atoms with Crippen LogP contribution in [0.5, 0.6) is 0 Å². The number of halogens is 3.